The third-order valence-electron chi connectivity index (χ3n) is 5.30. The van der Waals surface area contributed by atoms with Crippen LogP contribution < -0.4 is 5.73 Å². The molecule has 0 amide bonds. The largest absolute Gasteiger partial charge is 0.330 e. The lowest BCUT2D eigenvalue weighted by atomic mass is 9.89. The fourth-order valence-corrected chi connectivity index (χ4v) is 3.98. The quantitative estimate of drug-likeness (QED) is 0.742. The van der Waals surface area contributed by atoms with Crippen LogP contribution in [-0.2, 0) is 6.54 Å². The van der Waals surface area contributed by atoms with E-state index in [1.165, 1.54) is 11.6 Å². The summed E-state index contributed by atoms with van der Waals surface area (Å²) in [5.74, 6) is 0.632. The first-order chi connectivity index (χ1) is 12.8. The van der Waals surface area contributed by atoms with Crippen molar-refractivity contribution in [1.29, 1.82) is 0 Å². The molecule has 1 aromatic heterocycles. The highest BCUT2D eigenvalue weighted by Crippen LogP contribution is 2.34. The van der Waals surface area contributed by atoms with Crippen molar-refractivity contribution in [3.63, 3.8) is 0 Å². The monoisotopic (exact) mass is 350 g/mol. The van der Waals surface area contributed by atoms with Crippen molar-refractivity contribution in [3.8, 4) is 11.3 Å². The molecule has 134 valence electrons. The Kier molecular flexibility index (Phi) is 4.82. The van der Waals surface area contributed by atoms with Crippen LogP contribution in [0, 0.1) is 11.7 Å². The fourth-order valence-electron chi connectivity index (χ4n) is 3.98. The fraction of sp³-hybridized carbons (Fsp3) is 0.286. The third-order valence-corrected chi connectivity index (χ3v) is 5.30. The lowest BCUT2D eigenvalue weighted by Gasteiger charge is -2.17. The molecule has 3 N–H and O–H groups in total. The van der Waals surface area contributed by atoms with Gasteiger partial charge in [0.1, 0.15) is 5.82 Å². The minimum absolute atomic E-state index is 0.235. The van der Waals surface area contributed by atoms with E-state index in [9.17, 15) is 4.39 Å². The number of hydrogen-bond donors (Lipinski definition) is 2. The lowest BCUT2D eigenvalue weighted by molar-refractivity contribution is 0.317. The second-order valence-corrected chi connectivity index (χ2v) is 6.96. The first-order valence-electron chi connectivity index (χ1n) is 9.00. The van der Waals surface area contributed by atoms with Gasteiger partial charge in [-0.3, -0.25) is 10.00 Å². The molecule has 2 atom stereocenters. The van der Waals surface area contributed by atoms with E-state index in [-0.39, 0.29) is 5.82 Å². The number of nitrogens with zero attached hydrogens (tertiary/aromatic N) is 2. The lowest BCUT2D eigenvalue weighted by Crippen LogP contribution is -2.23. The number of benzene rings is 2. The molecule has 0 radical (unpaired) electrons. The number of aromatic nitrogens is 2. The zero-order valence-electron chi connectivity index (χ0n) is 14.6. The van der Waals surface area contributed by atoms with Crippen LogP contribution >= 0.6 is 0 Å². The molecule has 1 aliphatic heterocycles. The maximum atomic E-state index is 14.2. The van der Waals surface area contributed by atoms with Crippen LogP contribution in [0.1, 0.15) is 17.0 Å². The van der Waals surface area contributed by atoms with Gasteiger partial charge in [-0.25, -0.2) is 4.39 Å². The van der Waals surface area contributed by atoms with Gasteiger partial charge in [-0.05, 0) is 30.2 Å². The van der Waals surface area contributed by atoms with E-state index in [2.05, 4.69) is 39.4 Å². The summed E-state index contributed by atoms with van der Waals surface area (Å²) >= 11 is 0. The average Bonchev–Trinajstić information content (AvgIpc) is 3.30. The highest BCUT2D eigenvalue weighted by molar-refractivity contribution is 5.63. The summed E-state index contributed by atoms with van der Waals surface area (Å²) in [5, 5.41) is 7.12. The number of nitrogens with two attached hydrogens (primary N) is 1. The van der Waals surface area contributed by atoms with Gasteiger partial charge in [-0.1, -0.05) is 42.5 Å². The number of rotatable bonds is 5. The standard InChI is InChI=1S/C21H23FN4/c22-20-9-5-4-8-18(20)21-17(11-24-25-21)13-26-12-16(10-23)19(14-26)15-6-2-1-3-7-15/h1-9,11,16,19H,10,12-14,23H2,(H,24,25)/t16-,19+/m1/s1. The van der Waals surface area contributed by atoms with Gasteiger partial charge in [0, 0.05) is 36.7 Å². The van der Waals surface area contributed by atoms with Crippen molar-refractivity contribution in [2.45, 2.75) is 12.5 Å². The molecular weight excluding hydrogens is 327 g/mol. The molecule has 0 unspecified atom stereocenters. The average molecular weight is 350 g/mol. The summed E-state index contributed by atoms with van der Waals surface area (Å²) in [6.45, 7) is 3.30. The normalized spacial score (nSPS) is 20.5. The molecule has 0 saturated carbocycles. The first-order valence-corrected chi connectivity index (χ1v) is 9.00. The zero-order valence-corrected chi connectivity index (χ0v) is 14.6. The molecule has 2 aromatic carbocycles. The van der Waals surface area contributed by atoms with Crippen LogP contribution in [0.15, 0.2) is 60.8 Å². The van der Waals surface area contributed by atoms with Crippen molar-refractivity contribution >= 4 is 0 Å². The summed E-state index contributed by atoms with van der Waals surface area (Å²) in [7, 11) is 0. The SMILES string of the molecule is NC[C@@H]1CN(Cc2cn[nH]c2-c2ccccc2F)C[C@H]1c1ccccc1. The van der Waals surface area contributed by atoms with Gasteiger partial charge in [0.15, 0.2) is 0 Å². The van der Waals surface area contributed by atoms with Gasteiger partial charge < -0.3 is 5.73 Å². The molecule has 2 heterocycles. The maximum absolute atomic E-state index is 14.2. The Morgan fingerprint density at radius 3 is 2.62 bits per heavy atom. The van der Waals surface area contributed by atoms with E-state index >= 15 is 0 Å². The van der Waals surface area contributed by atoms with Crippen LogP contribution in [0.5, 0.6) is 0 Å². The predicted octanol–water partition coefficient (Wildman–Crippen LogP) is 3.39. The number of hydrogen-bond acceptors (Lipinski definition) is 3. The molecule has 5 heteroatoms. The van der Waals surface area contributed by atoms with E-state index in [0.717, 1.165) is 30.9 Å². The molecule has 0 bridgehead atoms. The number of halogens is 1. The van der Waals surface area contributed by atoms with Crippen molar-refractivity contribution < 1.29 is 4.39 Å². The minimum atomic E-state index is -0.235. The molecule has 0 aliphatic carbocycles. The van der Waals surface area contributed by atoms with E-state index in [1.807, 2.05) is 12.1 Å². The van der Waals surface area contributed by atoms with E-state index in [4.69, 9.17) is 5.73 Å². The van der Waals surface area contributed by atoms with Crippen LogP contribution in [0.25, 0.3) is 11.3 Å². The number of nitrogens with one attached hydrogen (secondary N) is 1. The Hall–Kier alpha value is -2.50. The Bertz CT molecular complexity index is 861. The number of H-pyrrole nitrogens is 1. The van der Waals surface area contributed by atoms with Gasteiger partial charge in [-0.2, -0.15) is 5.10 Å². The second-order valence-electron chi connectivity index (χ2n) is 6.96. The van der Waals surface area contributed by atoms with E-state index < -0.39 is 0 Å². The third kappa shape index (κ3) is 3.28. The summed E-state index contributed by atoms with van der Waals surface area (Å²) in [5.41, 5.74) is 9.72. The topological polar surface area (TPSA) is 57.9 Å². The minimum Gasteiger partial charge on any atom is -0.330 e. The van der Waals surface area contributed by atoms with Crippen molar-refractivity contribution in [3.05, 3.63) is 77.7 Å². The zero-order chi connectivity index (χ0) is 17.9. The van der Waals surface area contributed by atoms with Gasteiger partial charge in [0.2, 0.25) is 0 Å². The smallest absolute Gasteiger partial charge is 0.132 e. The van der Waals surface area contributed by atoms with Crippen molar-refractivity contribution in [2.75, 3.05) is 19.6 Å². The molecule has 0 spiro atoms. The van der Waals surface area contributed by atoms with Crippen LogP contribution in [0.4, 0.5) is 4.39 Å². The first kappa shape index (κ1) is 16.9. The van der Waals surface area contributed by atoms with Gasteiger partial charge >= 0.3 is 0 Å². The molecule has 4 rings (SSSR count). The Labute approximate surface area is 152 Å². The second kappa shape index (κ2) is 7.40. The van der Waals surface area contributed by atoms with E-state index in [0.29, 0.717) is 23.9 Å². The van der Waals surface area contributed by atoms with Crippen LogP contribution in [-0.4, -0.2) is 34.7 Å². The number of aromatic amines is 1. The molecule has 1 fully saturated rings. The highest BCUT2D eigenvalue weighted by atomic mass is 19.1. The van der Waals surface area contributed by atoms with Crippen LogP contribution in [0.2, 0.25) is 0 Å². The van der Waals surface area contributed by atoms with Gasteiger partial charge in [0.05, 0.1) is 11.9 Å². The molecule has 1 saturated heterocycles. The molecule has 26 heavy (non-hydrogen) atoms. The molecule has 1 aliphatic rings. The molecular formula is C21H23FN4. The summed E-state index contributed by atoms with van der Waals surface area (Å²) < 4.78 is 14.2. The Balaban J connectivity index is 1.54. The van der Waals surface area contributed by atoms with Crippen molar-refractivity contribution in [1.82, 2.24) is 15.1 Å². The highest BCUT2D eigenvalue weighted by Gasteiger charge is 2.33. The van der Waals surface area contributed by atoms with Crippen LogP contribution in [0.3, 0.4) is 0 Å². The predicted molar refractivity (Wildman–Crippen MR) is 101 cm³/mol. The number of likely N-dealkylation sites (tertiary alicyclic amines) is 1. The van der Waals surface area contributed by atoms with Gasteiger partial charge in [-0.15, -0.1) is 0 Å². The maximum Gasteiger partial charge on any atom is 0.132 e. The summed E-state index contributed by atoms with van der Waals surface area (Å²) in [6, 6.07) is 17.4. The van der Waals surface area contributed by atoms with Crippen molar-refractivity contribution in [2.24, 2.45) is 11.7 Å². The molecule has 4 nitrogen and oxygen atoms in total. The summed E-state index contributed by atoms with van der Waals surface area (Å²) in [4.78, 5) is 2.39. The summed E-state index contributed by atoms with van der Waals surface area (Å²) in [6.07, 6.45) is 1.80. The van der Waals surface area contributed by atoms with E-state index in [1.54, 1.807) is 18.3 Å². The Morgan fingerprint density at radius 1 is 1.08 bits per heavy atom. The van der Waals surface area contributed by atoms with Gasteiger partial charge in [0.25, 0.3) is 0 Å². The molecule has 3 aromatic rings. The Morgan fingerprint density at radius 2 is 1.85 bits per heavy atom.